The van der Waals surface area contributed by atoms with Crippen LogP contribution in [0.5, 0.6) is 0 Å². The number of hydrogen-bond acceptors (Lipinski definition) is 6. The van der Waals surface area contributed by atoms with E-state index in [0.717, 1.165) is 11.1 Å². The summed E-state index contributed by atoms with van der Waals surface area (Å²) >= 11 is 0. The van der Waals surface area contributed by atoms with Gasteiger partial charge in [0.2, 0.25) is 5.91 Å². The molecule has 2 aromatic heterocycles. The molecule has 1 fully saturated rings. The molecule has 2 N–H and O–H groups in total. The van der Waals surface area contributed by atoms with E-state index >= 15 is 0 Å². The number of ether oxygens (including phenoxy) is 1. The summed E-state index contributed by atoms with van der Waals surface area (Å²) in [6, 6.07) is 22.2. The third-order valence-electron chi connectivity index (χ3n) is 5.96. The van der Waals surface area contributed by atoms with Gasteiger partial charge in [-0.3, -0.25) is 19.5 Å². The predicted octanol–water partition coefficient (Wildman–Crippen LogP) is 4.31. The van der Waals surface area contributed by atoms with E-state index < -0.39 is 24.1 Å². The molecule has 2 aromatic carbocycles. The Morgan fingerprint density at radius 3 is 2.54 bits per heavy atom. The molecule has 3 heterocycles. The molecule has 0 bridgehead atoms. The van der Waals surface area contributed by atoms with E-state index in [9.17, 15) is 14.4 Å². The molecule has 0 aliphatic carbocycles. The summed E-state index contributed by atoms with van der Waals surface area (Å²) in [5, 5.41) is 5.67. The maximum absolute atomic E-state index is 13.5. The first kappa shape index (κ1) is 23.8. The first-order valence-electron chi connectivity index (χ1n) is 11.7. The smallest absolute Gasteiger partial charge is 0.411 e. The number of anilines is 1. The van der Waals surface area contributed by atoms with E-state index in [-0.39, 0.29) is 24.8 Å². The van der Waals surface area contributed by atoms with Gasteiger partial charge in [0.05, 0.1) is 12.8 Å². The van der Waals surface area contributed by atoms with E-state index in [0.29, 0.717) is 11.3 Å². The molecule has 186 valence electrons. The van der Waals surface area contributed by atoms with Crippen molar-refractivity contribution in [2.75, 3.05) is 5.32 Å². The lowest BCUT2D eigenvalue weighted by Crippen LogP contribution is -2.46. The van der Waals surface area contributed by atoms with Crippen molar-refractivity contribution in [1.29, 1.82) is 0 Å². The van der Waals surface area contributed by atoms with Crippen molar-refractivity contribution >= 4 is 23.6 Å². The summed E-state index contributed by atoms with van der Waals surface area (Å²) in [7, 11) is 0. The van der Waals surface area contributed by atoms with Crippen LogP contribution in [0, 0.1) is 0 Å². The van der Waals surface area contributed by atoms with E-state index in [2.05, 4.69) is 15.6 Å². The summed E-state index contributed by atoms with van der Waals surface area (Å²) in [5.74, 6) is -0.609. The van der Waals surface area contributed by atoms with E-state index in [1.165, 1.54) is 11.2 Å². The number of carbonyl (C=O) groups excluding carboxylic acids is 3. The molecule has 9 heteroatoms. The maximum Gasteiger partial charge on any atom is 0.411 e. The number of nitrogens with zero attached hydrogens (tertiary/aromatic N) is 2. The lowest BCUT2D eigenvalue weighted by Gasteiger charge is -2.24. The van der Waals surface area contributed by atoms with Crippen LogP contribution in [0.4, 0.5) is 10.5 Å². The summed E-state index contributed by atoms with van der Waals surface area (Å²) in [5.41, 5.74) is 2.74. The van der Waals surface area contributed by atoms with E-state index in [1.54, 1.807) is 54.9 Å². The highest BCUT2D eigenvalue weighted by molar-refractivity contribution is 6.02. The van der Waals surface area contributed by atoms with Gasteiger partial charge in [0.25, 0.3) is 5.91 Å². The predicted molar refractivity (Wildman–Crippen MR) is 134 cm³/mol. The van der Waals surface area contributed by atoms with Gasteiger partial charge in [-0.15, -0.1) is 0 Å². The fourth-order valence-electron chi connectivity index (χ4n) is 4.18. The summed E-state index contributed by atoms with van der Waals surface area (Å²) in [4.78, 5) is 44.4. The van der Waals surface area contributed by atoms with Crippen LogP contribution in [0.15, 0.2) is 102 Å². The van der Waals surface area contributed by atoms with Crippen LogP contribution >= 0.6 is 0 Å². The molecule has 1 aliphatic rings. The Bertz CT molecular complexity index is 1380. The molecule has 0 radical (unpaired) electrons. The lowest BCUT2D eigenvalue weighted by atomic mass is 10.00. The third-order valence-corrected chi connectivity index (χ3v) is 5.96. The number of cyclic esters (lactones) is 1. The second-order valence-electron chi connectivity index (χ2n) is 8.50. The molecule has 0 spiro atoms. The van der Waals surface area contributed by atoms with Crippen molar-refractivity contribution in [3.8, 4) is 0 Å². The normalized spacial score (nSPS) is 16.8. The highest BCUT2D eigenvalue weighted by Gasteiger charge is 2.47. The monoisotopic (exact) mass is 496 g/mol. The second-order valence-corrected chi connectivity index (χ2v) is 8.50. The summed E-state index contributed by atoms with van der Waals surface area (Å²) in [6.07, 6.45) is 3.26. The van der Waals surface area contributed by atoms with Crippen molar-refractivity contribution < 1.29 is 23.5 Å². The molecule has 4 aromatic rings. The molecule has 1 aliphatic heterocycles. The lowest BCUT2D eigenvalue weighted by molar-refractivity contribution is -0.126. The Hall–Kier alpha value is -4.92. The van der Waals surface area contributed by atoms with Crippen LogP contribution in [0.1, 0.15) is 33.3 Å². The van der Waals surface area contributed by atoms with Crippen molar-refractivity contribution in [3.63, 3.8) is 0 Å². The van der Waals surface area contributed by atoms with Gasteiger partial charge < -0.3 is 19.8 Å². The van der Waals surface area contributed by atoms with Crippen LogP contribution in [-0.2, 0) is 22.6 Å². The van der Waals surface area contributed by atoms with Crippen molar-refractivity contribution in [3.05, 3.63) is 120 Å². The number of aromatic nitrogens is 1. The molecule has 0 saturated carbocycles. The Balaban J connectivity index is 1.40. The molecule has 2 atom stereocenters. The number of furan rings is 1. The van der Waals surface area contributed by atoms with Crippen molar-refractivity contribution in [2.24, 2.45) is 0 Å². The molecule has 1 saturated heterocycles. The van der Waals surface area contributed by atoms with Gasteiger partial charge in [-0.1, -0.05) is 48.5 Å². The van der Waals surface area contributed by atoms with Crippen LogP contribution in [0.2, 0.25) is 0 Å². The standard InChI is InChI=1S/C28H24N4O5/c33-26(23-12-6-14-36-23)31-22-11-4-10-21(15-22)25-24(27(34)30-17-20-9-5-13-29-16-20)32(28(35)37-25)18-19-7-2-1-3-8-19/h1-16,24-25H,17-18H2,(H,30,34)(H,31,33). The molecule has 3 amide bonds. The number of benzene rings is 2. The first-order chi connectivity index (χ1) is 18.1. The van der Waals surface area contributed by atoms with Crippen LogP contribution in [0.3, 0.4) is 0 Å². The second kappa shape index (κ2) is 10.8. The van der Waals surface area contributed by atoms with E-state index in [1.807, 2.05) is 36.4 Å². The first-order valence-corrected chi connectivity index (χ1v) is 11.7. The third kappa shape index (κ3) is 5.51. The summed E-state index contributed by atoms with van der Waals surface area (Å²) in [6.45, 7) is 0.457. The van der Waals surface area contributed by atoms with Gasteiger partial charge in [0.1, 0.15) is 0 Å². The molecular weight excluding hydrogens is 472 g/mol. The van der Waals surface area contributed by atoms with Crippen LogP contribution in [-0.4, -0.2) is 33.8 Å². The zero-order valence-corrected chi connectivity index (χ0v) is 19.7. The minimum absolute atomic E-state index is 0.166. The minimum Gasteiger partial charge on any atom is -0.459 e. The van der Waals surface area contributed by atoms with Crippen molar-refractivity contribution in [2.45, 2.75) is 25.2 Å². The minimum atomic E-state index is -0.930. The molecule has 2 unspecified atom stereocenters. The fourth-order valence-corrected chi connectivity index (χ4v) is 4.18. The molecule has 9 nitrogen and oxygen atoms in total. The quantitative estimate of drug-likeness (QED) is 0.376. The molecule has 37 heavy (non-hydrogen) atoms. The van der Waals surface area contributed by atoms with Gasteiger partial charge in [-0.2, -0.15) is 0 Å². The van der Waals surface area contributed by atoms with Gasteiger partial charge >= 0.3 is 6.09 Å². The number of carbonyl (C=O) groups is 3. The Labute approximate surface area is 213 Å². The van der Waals surface area contributed by atoms with Gasteiger partial charge in [0, 0.05) is 24.6 Å². The number of nitrogens with one attached hydrogen (secondary N) is 2. The Morgan fingerprint density at radius 1 is 0.946 bits per heavy atom. The number of pyridine rings is 1. The highest BCUT2D eigenvalue weighted by Crippen LogP contribution is 2.35. The van der Waals surface area contributed by atoms with Gasteiger partial charge in [-0.05, 0) is 47.0 Å². The largest absolute Gasteiger partial charge is 0.459 e. The maximum atomic E-state index is 13.5. The average molecular weight is 497 g/mol. The Morgan fingerprint density at radius 2 is 1.78 bits per heavy atom. The number of amides is 3. The fraction of sp³-hybridized carbons (Fsp3) is 0.143. The van der Waals surface area contributed by atoms with Gasteiger partial charge in [-0.25, -0.2) is 4.79 Å². The SMILES string of the molecule is O=C(Nc1cccc(C2OC(=O)N(Cc3ccccc3)C2C(=O)NCc2cccnc2)c1)c1ccco1. The zero-order valence-electron chi connectivity index (χ0n) is 19.7. The molecule has 5 rings (SSSR count). The number of hydrogen-bond donors (Lipinski definition) is 2. The number of rotatable bonds is 8. The van der Waals surface area contributed by atoms with Crippen LogP contribution in [0.25, 0.3) is 0 Å². The topological polar surface area (TPSA) is 114 Å². The van der Waals surface area contributed by atoms with E-state index in [4.69, 9.17) is 9.15 Å². The summed E-state index contributed by atoms with van der Waals surface area (Å²) < 4.78 is 10.9. The van der Waals surface area contributed by atoms with Gasteiger partial charge in [0.15, 0.2) is 17.9 Å². The highest BCUT2D eigenvalue weighted by atomic mass is 16.6. The van der Waals surface area contributed by atoms with Crippen LogP contribution < -0.4 is 10.6 Å². The van der Waals surface area contributed by atoms with Crippen molar-refractivity contribution in [1.82, 2.24) is 15.2 Å². The average Bonchev–Trinajstić information content (AvgIpc) is 3.58. The molecular formula is C28H24N4O5. The Kier molecular flexibility index (Phi) is 6.93. The zero-order chi connectivity index (χ0) is 25.6.